The van der Waals surface area contributed by atoms with Crippen molar-refractivity contribution in [3.63, 3.8) is 0 Å². The standard InChI is InChI=1S/C17H30O5Si/c1-6-12-23(4,5)22-17(20,16(13-18)14-21-3)11-9-7-8-10-15(2)19/h6,20H,1,7-12,14H2,2-5H3. The smallest absolute Gasteiger partial charge is 0.194 e. The number of rotatable bonds is 13. The summed E-state index contributed by atoms with van der Waals surface area (Å²) < 4.78 is 11.0. The van der Waals surface area contributed by atoms with E-state index in [4.69, 9.17) is 9.16 Å². The van der Waals surface area contributed by atoms with Crippen molar-refractivity contribution in [1.29, 1.82) is 0 Å². The summed E-state index contributed by atoms with van der Waals surface area (Å²) in [4.78, 5) is 22.2. The maximum atomic E-state index is 11.2. The second-order valence-corrected chi connectivity index (χ2v) is 10.5. The van der Waals surface area contributed by atoms with E-state index in [1.807, 2.05) is 13.1 Å². The molecule has 0 saturated heterocycles. The van der Waals surface area contributed by atoms with Gasteiger partial charge in [0.2, 0.25) is 0 Å². The molecule has 0 rings (SSSR count). The van der Waals surface area contributed by atoms with Crippen LogP contribution in [0.2, 0.25) is 19.1 Å². The lowest BCUT2D eigenvalue weighted by Crippen LogP contribution is -2.46. The molecule has 0 aromatic rings. The maximum Gasteiger partial charge on any atom is 0.194 e. The Hall–Kier alpha value is -1.04. The molecule has 0 radical (unpaired) electrons. The van der Waals surface area contributed by atoms with Crippen molar-refractivity contribution < 1.29 is 23.9 Å². The number of hydrogen-bond donors (Lipinski definition) is 1. The zero-order valence-electron chi connectivity index (χ0n) is 14.8. The molecule has 0 bridgehead atoms. The van der Waals surface area contributed by atoms with Gasteiger partial charge >= 0.3 is 0 Å². The summed E-state index contributed by atoms with van der Waals surface area (Å²) in [6, 6.07) is 0.665. The van der Waals surface area contributed by atoms with E-state index in [1.54, 1.807) is 18.9 Å². The first-order valence-electron chi connectivity index (χ1n) is 7.97. The van der Waals surface area contributed by atoms with Gasteiger partial charge in [0.25, 0.3) is 0 Å². The van der Waals surface area contributed by atoms with Crippen LogP contribution in [0.1, 0.15) is 39.0 Å². The van der Waals surface area contributed by atoms with Crippen molar-refractivity contribution in [2.75, 3.05) is 13.7 Å². The van der Waals surface area contributed by atoms with Gasteiger partial charge in [-0.25, -0.2) is 4.79 Å². The van der Waals surface area contributed by atoms with Gasteiger partial charge in [-0.05, 0) is 38.9 Å². The van der Waals surface area contributed by atoms with Gasteiger partial charge in [0, 0.05) is 20.0 Å². The summed E-state index contributed by atoms with van der Waals surface area (Å²) in [6.45, 7) is 9.18. The molecule has 0 aromatic carbocycles. The lowest BCUT2D eigenvalue weighted by Gasteiger charge is -2.36. The average Bonchev–Trinajstić information content (AvgIpc) is 2.43. The van der Waals surface area contributed by atoms with Gasteiger partial charge in [0.15, 0.2) is 14.1 Å². The fourth-order valence-corrected chi connectivity index (χ4v) is 4.31. The highest BCUT2D eigenvalue weighted by Crippen LogP contribution is 2.30. The Balaban J connectivity index is 4.96. The molecule has 0 saturated carbocycles. The Bertz CT molecular complexity index is 440. The Morgan fingerprint density at radius 2 is 2.00 bits per heavy atom. The van der Waals surface area contributed by atoms with E-state index in [0.717, 1.165) is 12.8 Å². The van der Waals surface area contributed by atoms with E-state index in [1.165, 1.54) is 7.11 Å². The first-order valence-corrected chi connectivity index (χ1v) is 11.1. The van der Waals surface area contributed by atoms with Gasteiger partial charge < -0.3 is 19.1 Å². The van der Waals surface area contributed by atoms with E-state index in [9.17, 15) is 14.7 Å². The molecule has 1 atom stereocenters. The molecule has 0 fully saturated rings. The van der Waals surface area contributed by atoms with Crippen LogP contribution >= 0.6 is 0 Å². The minimum Gasteiger partial charge on any atom is -0.386 e. The number of carbonyl (C=O) groups excluding carboxylic acids is 2. The number of ketones is 1. The highest BCUT2D eigenvalue weighted by Gasteiger charge is 2.39. The van der Waals surface area contributed by atoms with E-state index in [2.05, 4.69) is 6.58 Å². The summed E-state index contributed by atoms with van der Waals surface area (Å²) in [5.41, 5.74) is 0.0798. The maximum absolute atomic E-state index is 11.2. The minimum atomic E-state index is -2.21. The largest absolute Gasteiger partial charge is 0.386 e. The number of hydrogen-bond acceptors (Lipinski definition) is 5. The molecular weight excluding hydrogens is 312 g/mol. The van der Waals surface area contributed by atoms with Gasteiger partial charge in [0.05, 0.1) is 12.2 Å². The molecule has 0 heterocycles. The quantitative estimate of drug-likeness (QED) is 0.183. The Morgan fingerprint density at radius 1 is 1.35 bits per heavy atom. The molecule has 1 N–H and O–H groups in total. The van der Waals surface area contributed by atoms with Gasteiger partial charge in [-0.3, -0.25) is 0 Å². The topological polar surface area (TPSA) is 72.8 Å². The van der Waals surface area contributed by atoms with Crippen LogP contribution in [-0.2, 0) is 18.8 Å². The highest BCUT2D eigenvalue weighted by molar-refractivity contribution is 6.71. The van der Waals surface area contributed by atoms with Gasteiger partial charge in [-0.1, -0.05) is 12.5 Å². The van der Waals surface area contributed by atoms with Gasteiger partial charge in [-0.2, -0.15) is 0 Å². The van der Waals surface area contributed by atoms with Crippen LogP contribution in [0.3, 0.4) is 0 Å². The normalized spacial score (nSPS) is 14.0. The Morgan fingerprint density at radius 3 is 2.48 bits per heavy atom. The number of unbranched alkanes of at least 4 members (excludes halogenated alkanes) is 2. The minimum absolute atomic E-state index is 0.0218. The third kappa shape index (κ3) is 8.98. The van der Waals surface area contributed by atoms with Crippen molar-refractivity contribution >= 4 is 20.0 Å². The molecule has 0 aliphatic rings. The second kappa shape index (κ2) is 10.7. The Kier molecular flexibility index (Phi) is 10.2. The van der Waals surface area contributed by atoms with E-state index >= 15 is 0 Å². The zero-order chi connectivity index (χ0) is 17.9. The monoisotopic (exact) mass is 342 g/mol. The van der Waals surface area contributed by atoms with E-state index in [-0.39, 0.29) is 24.4 Å². The molecule has 132 valence electrons. The number of aliphatic hydroxyl groups is 1. The predicted molar refractivity (Wildman–Crippen MR) is 93.4 cm³/mol. The SMILES string of the molecule is C=CC[Si](C)(C)OC(O)(CCCCCC(C)=O)C(=C=O)COC. The van der Waals surface area contributed by atoms with Crippen LogP contribution in [0.5, 0.6) is 0 Å². The van der Waals surface area contributed by atoms with Crippen LogP contribution in [0.4, 0.5) is 0 Å². The third-order valence-corrected chi connectivity index (χ3v) is 5.67. The van der Waals surface area contributed by atoms with Crippen LogP contribution in [0.15, 0.2) is 18.2 Å². The predicted octanol–water partition coefficient (Wildman–Crippen LogP) is 3.03. The van der Waals surface area contributed by atoms with Crippen molar-refractivity contribution in [3.05, 3.63) is 18.2 Å². The second-order valence-electron chi connectivity index (χ2n) is 6.42. The summed E-state index contributed by atoms with van der Waals surface area (Å²) in [6.07, 6.45) is 4.78. The van der Waals surface area contributed by atoms with Gasteiger partial charge in [-0.15, -0.1) is 6.58 Å². The van der Waals surface area contributed by atoms with Crippen molar-refractivity contribution in [3.8, 4) is 0 Å². The molecule has 5 nitrogen and oxygen atoms in total. The summed E-state index contributed by atoms with van der Waals surface area (Å²) >= 11 is 0. The number of methoxy groups -OCH3 is 1. The van der Waals surface area contributed by atoms with E-state index in [0.29, 0.717) is 18.9 Å². The van der Waals surface area contributed by atoms with Crippen molar-refractivity contribution in [2.24, 2.45) is 0 Å². The number of Topliss-reactive ketones (excluding diaryl/α,β-unsaturated/α-hetero) is 1. The van der Waals surface area contributed by atoms with Crippen LogP contribution in [0.25, 0.3) is 0 Å². The first-order chi connectivity index (χ1) is 10.7. The van der Waals surface area contributed by atoms with Crippen molar-refractivity contribution in [1.82, 2.24) is 0 Å². The fourth-order valence-electron chi connectivity index (χ4n) is 2.39. The zero-order valence-corrected chi connectivity index (χ0v) is 15.8. The number of ether oxygens (including phenoxy) is 1. The lowest BCUT2D eigenvalue weighted by atomic mass is 10.00. The molecule has 0 amide bonds. The molecule has 23 heavy (non-hydrogen) atoms. The summed E-state index contributed by atoms with van der Waals surface area (Å²) in [5, 5.41) is 10.9. The van der Waals surface area contributed by atoms with E-state index < -0.39 is 14.1 Å². The number of allylic oxidation sites excluding steroid dienone is 1. The third-order valence-electron chi connectivity index (χ3n) is 3.51. The molecular formula is C17H30O5Si. The fraction of sp³-hybridized carbons (Fsp3) is 0.706. The van der Waals surface area contributed by atoms with Crippen LogP contribution < -0.4 is 0 Å². The highest BCUT2D eigenvalue weighted by atomic mass is 28.4. The molecule has 0 spiro atoms. The molecule has 0 aromatic heterocycles. The van der Waals surface area contributed by atoms with Crippen molar-refractivity contribution in [2.45, 2.75) is 64.0 Å². The van der Waals surface area contributed by atoms with Crippen LogP contribution in [-0.4, -0.2) is 44.7 Å². The molecule has 1 unspecified atom stereocenters. The number of carbonyl (C=O) groups is 1. The average molecular weight is 343 g/mol. The summed E-state index contributed by atoms with van der Waals surface area (Å²) in [5.74, 6) is 0.273. The molecule has 0 aliphatic carbocycles. The van der Waals surface area contributed by atoms with Crippen LogP contribution in [0, 0.1) is 0 Å². The Labute approximate surface area is 140 Å². The molecule has 6 heteroatoms. The first kappa shape index (κ1) is 22.0. The molecule has 0 aliphatic heterocycles. The lowest BCUT2D eigenvalue weighted by molar-refractivity contribution is -0.123. The summed E-state index contributed by atoms with van der Waals surface area (Å²) in [7, 11) is -0.755. The van der Waals surface area contributed by atoms with Gasteiger partial charge in [0.1, 0.15) is 11.7 Å².